The van der Waals surface area contributed by atoms with Crippen molar-refractivity contribution in [1.29, 1.82) is 0 Å². The fourth-order valence-electron chi connectivity index (χ4n) is 2.22. The zero-order valence-electron chi connectivity index (χ0n) is 12.7. The lowest BCUT2D eigenvalue weighted by Gasteiger charge is -2.23. The van der Waals surface area contributed by atoms with Gasteiger partial charge in [0.2, 0.25) is 0 Å². The van der Waals surface area contributed by atoms with E-state index in [2.05, 4.69) is 11.8 Å². The molecule has 0 atom stereocenters. The van der Waals surface area contributed by atoms with Gasteiger partial charge in [0.05, 0.1) is 13.2 Å². The molecular weight excluding hydrogens is 274 g/mol. The normalized spacial score (nSPS) is 11.1. The lowest BCUT2D eigenvalue weighted by atomic mass is 9.87. The van der Waals surface area contributed by atoms with Crippen LogP contribution in [0.5, 0.6) is 0 Å². The second kappa shape index (κ2) is 7.77. The SMILES string of the molecule is CN(CC#CC(O)(c1ccccc1)c1ccccc1)CCO. The Balaban J connectivity index is 2.34. The quantitative estimate of drug-likeness (QED) is 0.827. The van der Waals surface area contributed by atoms with Crippen molar-refractivity contribution in [2.45, 2.75) is 5.60 Å². The van der Waals surface area contributed by atoms with Gasteiger partial charge in [-0.15, -0.1) is 0 Å². The van der Waals surface area contributed by atoms with E-state index in [1.54, 1.807) is 0 Å². The lowest BCUT2D eigenvalue weighted by Crippen LogP contribution is -2.26. The number of benzene rings is 2. The average Bonchev–Trinajstić information content (AvgIpc) is 2.56. The Bertz CT molecular complexity index is 589. The number of likely N-dealkylation sites (N-methyl/N-ethyl adjacent to an activating group) is 1. The van der Waals surface area contributed by atoms with Crippen LogP contribution in [0.3, 0.4) is 0 Å². The molecule has 0 amide bonds. The molecule has 0 fully saturated rings. The van der Waals surface area contributed by atoms with E-state index in [0.29, 0.717) is 13.1 Å². The first kappa shape index (κ1) is 16.3. The summed E-state index contributed by atoms with van der Waals surface area (Å²) in [7, 11) is 1.88. The maximum Gasteiger partial charge on any atom is 0.176 e. The molecule has 0 aliphatic carbocycles. The highest BCUT2D eigenvalue weighted by atomic mass is 16.3. The summed E-state index contributed by atoms with van der Waals surface area (Å²) in [6, 6.07) is 18.9. The van der Waals surface area contributed by atoms with E-state index in [1.807, 2.05) is 72.6 Å². The summed E-state index contributed by atoms with van der Waals surface area (Å²) >= 11 is 0. The zero-order valence-corrected chi connectivity index (χ0v) is 12.7. The van der Waals surface area contributed by atoms with E-state index >= 15 is 0 Å². The first-order valence-corrected chi connectivity index (χ1v) is 7.29. The molecular formula is C19H21NO2. The molecule has 0 saturated heterocycles. The third-order valence-electron chi connectivity index (χ3n) is 3.48. The van der Waals surface area contributed by atoms with Crippen LogP contribution in [0.15, 0.2) is 60.7 Å². The molecule has 114 valence electrons. The van der Waals surface area contributed by atoms with Gasteiger partial charge >= 0.3 is 0 Å². The molecule has 3 heteroatoms. The molecule has 0 radical (unpaired) electrons. The molecule has 3 nitrogen and oxygen atoms in total. The summed E-state index contributed by atoms with van der Waals surface area (Å²) < 4.78 is 0. The van der Waals surface area contributed by atoms with Gasteiger partial charge in [0.15, 0.2) is 5.60 Å². The Kier molecular flexibility index (Phi) is 5.74. The van der Waals surface area contributed by atoms with Crippen LogP contribution in [0.4, 0.5) is 0 Å². The Morgan fingerprint density at radius 1 is 0.955 bits per heavy atom. The molecule has 0 aromatic heterocycles. The summed E-state index contributed by atoms with van der Waals surface area (Å²) in [6.07, 6.45) is 0. The molecule has 22 heavy (non-hydrogen) atoms. The maximum atomic E-state index is 11.2. The molecule has 2 aromatic carbocycles. The average molecular weight is 295 g/mol. The topological polar surface area (TPSA) is 43.7 Å². The first-order valence-electron chi connectivity index (χ1n) is 7.29. The fraction of sp³-hybridized carbons (Fsp3) is 0.263. The van der Waals surface area contributed by atoms with Gasteiger partial charge < -0.3 is 10.2 Å². The van der Waals surface area contributed by atoms with Gasteiger partial charge in [-0.3, -0.25) is 4.90 Å². The van der Waals surface area contributed by atoms with Crippen molar-refractivity contribution in [2.75, 3.05) is 26.7 Å². The van der Waals surface area contributed by atoms with Crippen LogP contribution in [-0.4, -0.2) is 41.9 Å². The largest absolute Gasteiger partial charge is 0.395 e. The Morgan fingerprint density at radius 2 is 1.45 bits per heavy atom. The van der Waals surface area contributed by atoms with Crippen LogP contribution in [0.2, 0.25) is 0 Å². The monoisotopic (exact) mass is 295 g/mol. The van der Waals surface area contributed by atoms with Gasteiger partial charge in [-0.2, -0.15) is 0 Å². The lowest BCUT2D eigenvalue weighted by molar-refractivity contribution is 0.145. The third-order valence-corrected chi connectivity index (χ3v) is 3.48. The highest BCUT2D eigenvalue weighted by molar-refractivity contribution is 5.44. The first-order chi connectivity index (χ1) is 10.7. The minimum Gasteiger partial charge on any atom is -0.395 e. The molecule has 2 aromatic rings. The highest BCUT2D eigenvalue weighted by Crippen LogP contribution is 2.28. The summed E-state index contributed by atoms with van der Waals surface area (Å²) in [4.78, 5) is 1.91. The summed E-state index contributed by atoms with van der Waals surface area (Å²) in [5.41, 5.74) is 0.166. The van der Waals surface area contributed by atoms with Crippen molar-refractivity contribution in [3.8, 4) is 11.8 Å². The predicted octanol–water partition coefficient (Wildman–Crippen LogP) is 1.85. The summed E-state index contributed by atoms with van der Waals surface area (Å²) in [6.45, 7) is 1.14. The molecule has 0 bridgehead atoms. The van der Waals surface area contributed by atoms with Gasteiger partial charge in [-0.05, 0) is 7.05 Å². The van der Waals surface area contributed by atoms with Gasteiger partial charge in [0, 0.05) is 17.7 Å². The number of hydrogen-bond donors (Lipinski definition) is 2. The molecule has 0 unspecified atom stereocenters. The highest BCUT2D eigenvalue weighted by Gasteiger charge is 2.28. The van der Waals surface area contributed by atoms with Crippen molar-refractivity contribution in [2.24, 2.45) is 0 Å². The van der Waals surface area contributed by atoms with Crippen LogP contribution in [-0.2, 0) is 5.60 Å². The molecule has 0 saturated carbocycles. The number of nitrogens with zero attached hydrogens (tertiary/aromatic N) is 1. The molecule has 2 rings (SSSR count). The molecule has 0 heterocycles. The van der Waals surface area contributed by atoms with E-state index in [4.69, 9.17) is 5.11 Å². The minimum absolute atomic E-state index is 0.0970. The Labute approximate surface area is 131 Å². The van der Waals surface area contributed by atoms with E-state index in [1.165, 1.54) is 0 Å². The van der Waals surface area contributed by atoms with Crippen molar-refractivity contribution < 1.29 is 10.2 Å². The van der Waals surface area contributed by atoms with Crippen molar-refractivity contribution in [3.63, 3.8) is 0 Å². The van der Waals surface area contributed by atoms with Crippen molar-refractivity contribution in [1.82, 2.24) is 4.90 Å². The smallest absolute Gasteiger partial charge is 0.176 e. The van der Waals surface area contributed by atoms with Gasteiger partial charge in [0.1, 0.15) is 0 Å². The van der Waals surface area contributed by atoms with Crippen LogP contribution in [0.25, 0.3) is 0 Å². The van der Waals surface area contributed by atoms with E-state index in [-0.39, 0.29) is 6.61 Å². The summed E-state index contributed by atoms with van der Waals surface area (Å²) in [5, 5.41) is 20.1. The van der Waals surface area contributed by atoms with Crippen LogP contribution < -0.4 is 0 Å². The van der Waals surface area contributed by atoms with E-state index < -0.39 is 5.60 Å². The second-order valence-electron chi connectivity index (χ2n) is 5.21. The Morgan fingerprint density at radius 3 is 1.91 bits per heavy atom. The van der Waals surface area contributed by atoms with Crippen molar-refractivity contribution >= 4 is 0 Å². The van der Waals surface area contributed by atoms with Gasteiger partial charge in [0.25, 0.3) is 0 Å². The maximum absolute atomic E-state index is 11.2. The zero-order chi connectivity index (χ0) is 15.8. The number of hydrogen-bond acceptors (Lipinski definition) is 3. The van der Waals surface area contributed by atoms with Crippen LogP contribution >= 0.6 is 0 Å². The number of aliphatic hydroxyl groups is 2. The van der Waals surface area contributed by atoms with Crippen LogP contribution in [0, 0.1) is 11.8 Å². The molecule has 0 aliphatic rings. The molecule has 0 aliphatic heterocycles. The van der Waals surface area contributed by atoms with Crippen LogP contribution in [0.1, 0.15) is 11.1 Å². The van der Waals surface area contributed by atoms with Crippen molar-refractivity contribution in [3.05, 3.63) is 71.8 Å². The minimum atomic E-state index is -1.33. The molecule has 2 N–H and O–H groups in total. The van der Waals surface area contributed by atoms with E-state index in [0.717, 1.165) is 11.1 Å². The van der Waals surface area contributed by atoms with E-state index in [9.17, 15) is 5.11 Å². The predicted molar refractivity (Wildman–Crippen MR) is 88.2 cm³/mol. The second-order valence-corrected chi connectivity index (χ2v) is 5.21. The van der Waals surface area contributed by atoms with Gasteiger partial charge in [-0.1, -0.05) is 72.5 Å². The number of aliphatic hydroxyl groups excluding tert-OH is 1. The Hall–Kier alpha value is -2.12. The summed E-state index contributed by atoms with van der Waals surface area (Å²) in [5.74, 6) is 6.02. The standard InChI is InChI=1S/C19H21NO2/c1-20(15-16-21)14-8-13-19(22,17-9-4-2-5-10-17)18-11-6-3-7-12-18/h2-7,9-12,21-22H,14-16H2,1H3. The van der Waals surface area contributed by atoms with Gasteiger partial charge in [-0.25, -0.2) is 0 Å². The number of rotatable bonds is 5. The third kappa shape index (κ3) is 3.96. The fourth-order valence-corrected chi connectivity index (χ4v) is 2.22. The molecule has 0 spiro atoms.